The average molecular weight is 444 g/mol. The van der Waals surface area contributed by atoms with E-state index in [4.69, 9.17) is 4.99 Å². The molecular formula is C23H32FN6O2+. The Balaban J connectivity index is 1.49. The number of hydrogen-bond donors (Lipinski definition) is 0. The average Bonchev–Trinajstić information content (AvgIpc) is 3.16. The second kappa shape index (κ2) is 9.36. The summed E-state index contributed by atoms with van der Waals surface area (Å²) in [6.45, 7) is 6.93. The molecule has 8 nitrogen and oxygen atoms in total. The lowest BCUT2D eigenvalue weighted by Gasteiger charge is -2.35. The number of piperazine rings is 1. The van der Waals surface area contributed by atoms with Gasteiger partial charge in [0.25, 0.3) is 17.8 Å². The van der Waals surface area contributed by atoms with Crippen LogP contribution in [0.2, 0.25) is 0 Å². The van der Waals surface area contributed by atoms with Gasteiger partial charge >= 0.3 is 11.9 Å². The number of hydrogen-bond acceptors (Lipinski definition) is 5. The number of nitrogens with zero attached hydrogens (tertiary/aromatic N) is 6. The molecule has 0 aromatic heterocycles. The molecule has 1 atom stereocenters. The summed E-state index contributed by atoms with van der Waals surface area (Å²) in [6.07, 6.45) is 3.16. The lowest BCUT2D eigenvalue weighted by atomic mass is 10.1. The first-order valence-electron chi connectivity index (χ1n) is 11.4. The number of benzene rings is 1. The highest BCUT2D eigenvalue weighted by Crippen LogP contribution is 2.21. The summed E-state index contributed by atoms with van der Waals surface area (Å²) >= 11 is 0. The van der Waals surface area contributed by atoms with Gasteiger partial charge in [0, 0.05) is 46.0 Å². The third-order valence-corrected chi connectivity index (χ3v) is 6.55. The summed E-state index contributed by atoms with van der Waals surface area (Å²) in [5, 5.41) is 0. The van der Waals surface area contributed by atoms with Crippen molar-refractivity contribution >= 4 is 29.3 Å². The normalized spacial score (nSPS) is 22.1. The lowest BCUT2D eigenvalue weighted by molar-refractivity contribution is -0.537. The summed E-state index contributed by atoms with van der Waals surface area (Å²) in [5.74, 6) is 0.964. The van der Waals surface area contributed by atoms with E-state index in [1.54, 1.807) is 7.05 Å². The molecule has 3 aliphatic rings. The van der Waals surface area contributed by atoms with Gasteiger partial charge < -0.3 is 4.90 Å². The van der Waals surface area contributed by atoms with Gasteiger partial charge in [-0.2, -0.15) is 0 Å². The summed E-state index contributed by atoms with van der Waals surface area (Å²) in [4.78, 5) is 37.4. The number of unbranched alkanes of at least 4 members (excludes halogenated alkanes) is 2. The quantitative estimate of drug-likeness (QED) is 0.477. The molecule has 1 unspecified atom stereocenters. The number of anilines is 1. The van der Waals surface area contributed by atoms with Crippen molar-refractivity contribution < 1.29 is 18.6 Å². The third kappa shape index (κ3) is 4.26. The largest absolute Gasteiger partial charge is 0.369 e. The molecule has 2 fully saturated rings. The van der Waals surface area contributed by atoms with Crippen LogP contribution >= 0.6 is 0 Å². The lowest BCUT2D eigenvalue weighted by Crippen LogP contribution is -2.61. The molecule has 0 spiro atoms. The van der Waals surface area contributed by atoms with E-state index in [0.717, 1.165) is 63.5 Å². The van der Waals surface area contributed by atoms with Crippen LogP contribution in [0.5, 0.6) is 0 Å². The van der Waals surface area contributed by atoms with E-state index >= 15 is 0 Å². The molecule has 3 aliphatic heterocycles. The molecule has 1 aromatic rings. The minimum Gasteiger partial charge on any atom is -0.369 e. The van der Waals surface area contributed by atoms with Gasteiger partial charge in [0.2, 0.25) is 0 Å². The summed E-state index contributed by atoms with van der Waals surface area (Å²) in [5.41, 5.74) is 1.03. The van der Waals surface area contributed by atoms with Crippen molar-refractivity contribution in [1.82, 2.24) is 14.7 Å². The second-order valence-corrected chi connectivity index (χ2v) is 8.67. The molecule has 0 saturated carbocycles. The van der Waals surface area contributed by atoms with Crippen LogP contribution < -0.4 is 4.90 Å². The standard InChI is InChI=1S/C23H32FN6O2/c1-4-5-6-11-30-19(25-21-20(30)22(31)27(3)23(32)26(21)2)16-28-12-14-29(15-13-28)18-9-7-17(24)8-10-18/h7-10,20H,4-6,11-16H2,1-3H3/q+1. The van der Waals surface area contributed by atoms with E-state index in [0.29, 0.717) is 12.4 Å². The molecule has 0 N–H and O–H groups in total. The number of rotatable bonds is 7. The van der Waals surface area contributed by atoms with Crippen molar-refractivity contribution in [2.75, 3.05) is 58.3 Å². The molecule has 32 heavy (non-hydrogen) atoms. The van der Waals surface area contributed by atoms with Crippen LogP contribution in [0.3, 0.4) is 0 Å². The zero-order valence-electron chi connectivity index (χ0n) is 19.1. The van der Waals surface area contributed by atoms with Crippen LogP contribution in [-0.4, -0.2) is 102 Å². The number of carbonyl (C=O) groups is 2. The van der Waals surface area contributed by atoms with Gasteiger partial charge in [0.05, 0.1) is 6.54 Å². The molecule has 3 heterocycles. The molecule has 4 rings (SSSR count). The highest BCUT2D eigenvalue weighted by Gasteiger charge is 2.52. The Morgan fingerprint density at radius 1 is 1.03 bits per heavy atom. The molecule has 0 aliphatic carbocycles. The maximum Gasteiger partial charge on any atom is 0.333 e. The fraction of sp³-hybridized carbons (Fsp3) is 0.565. The molecular weight excluding hydrogens is 411 g/mol. The SMILES string of the molecule is CCCCC[N+]1=C(CN2CCN(c3ccc(F)cc3)CC2)N=C2C1C(=O)N(C)C(=O)N2C. The topological polar surface area (TPSA) is 62.5 Å². The molecule has 9 heteroatoms. The van der Waals surface area contributed by atoms with Gasteiger partial charge in [-0.3, -0.25) is 19.5 Å². The second-order valence-electron chi connectivity index (χ2n) is 8.67. The summed E-state index contributed by atoms with van der Waals surface area (Å²) in [6, 6.07) is 5.76. The van der Waals surface area contributed by atoms with Gasteiger partial charge in [0.1, 0.15) is 12.4 Å². The first-order chi connectivity index (χ1) is 15.4. The number of urea groups is 1. The number of likely N-dealkylation sites (N-methyl/N-ethyl adjacent to an activating group) is 2. The molecule has 1 aromatic carbocycles. The van der Waals surface area contributed by atoms with Gasteiger partial charge in [0.15, 0.2) is 0 Å². The van der Waals surface area contributed by atoms with Crippen LogP contribution in [0, 0.1) is 5.82 Å². The maximum absolute atomic E-state index is 13.2. The number of amidine groups is 2. The van der Waals surface area contributed by atoms with Gasteiger partial charge in [-0.1, -0.05) is 13.3 Å². The molecule has 3 amide bonds. The predicted molar refractivity (Wildman–Crippen MR) is 122 cm³/mol. The zero-order chi connectivity index (χ0) is 22.8. The maximum atomic E-state index is 13.2. The van der Waals surface area contributed by atoms with Crippen molar-refractivity contribution in [3.8, 4) is 0 Å². The Hall–Kier alpha value is -2.81. The highest BCUT2D eigenvalue weighted by molar-refractivity contribution is 6.23. The van der Waals surface area contributed by atoms with E-state index < -0.39 is 6.04 Å². The van der Waals surface area contributed by atoms with Crippen LogP contribution in [0.25, 0.3) is 0 Å². The first kappa shape index (κ1) is 22.4. The Kier molecular flexibility index (Phi) is 6.55. The van der Waals surface area contributed by atoms with E-state index in [1.165, 1.54) is 29.0 Å². The number of halogens is 1. The van der Waals surface area contributed by atoms with Crippen molar-refractivity contribution in [3.63, 3.8) is 0 Å². The number of carbonyl (C=O) groups excluding carboxylic acids is 2. The molecule has 0 bridgehead atoms. The molecule has 2 saturated heterocycles. The Bertz CT molecular complexity index is 936. The van der Waals surface area contributed by atoms with Crippen LogP contribution in [0.4, 0.5) is 14.9 Å². The van der Waals surface area contributed by atoms with E-state index in [2.05, 4.69) is 21.3 Å². The predicted octanol–water partition coefficient (Wildman–Crippen LogP) is 1.85. The third-order valence-electron chi connectivity index (χ3n) is 6.55. The number of aliphatic imine (C=N–C) groups is 1. The van der Waals surface area contributed by atoms with Crippen LogP contribution in [-0.2, 0) is 4.79 Å². The monoisotopic (exact) mass is 443 g/mol. The van der Waals surface area contributed by atoms with Crippen molar-refractivity contribution in [1.29, 1.82) is 0 Å². The van der Waals surface area contributed by atoms with Crippen LogP contribution in [0.1, 0.15) is 26.2 Å². The van der Waals surface area contributed by atoms with Crippen LogP contribution in [0.15, 0.2) is 29.3 Å². The smallest absolute Gasteiger partial charge is 0.333 e. The minimum atomic E-state index is -0.518. The Labute approximate surface area is 188 Å². The van der Waals surface area contributed by atoms with Crippen molar-refractivity contribution in [2.45, 2.75) is 32.2 Å². The van der Waals surface area contributed by atoms with Gasteiger partial charge in [-0.15, -0.1) is 0 Å². The van der Waals surface area contributed by atoms with E-state index in [-0.39, 0.29) is 17.8 Å². The fourth-order valence-electron chi connectivity index (χ4n) is 4.58. The van der Waals surface area contributed by atoms with Gasteiger partial charge in [-0.05, 0) is 42.1 Å². The van der Waals surface area contributed by atoms with Crippen molar-refractivity contribution in [3.05, 3.63) is 30.1 Å². The Morgan fingerprint density at radius 2 is 1.72 bits per heavy atom. The molecule has 172 valence electrons. The number of fused-ring (bicyclic) bond motifs is 1. The highest BCUT2D eigenvalue weighted by atomic mass is 19.1. The van der Waals surface area contributed by atoms with E-state index in [9.17, 15) is 14.0 Å². The first-order valence-corrected chi connectivity index (χ1v) is 11.4. The summed E-state index contributed by atoms with van der Waals surface area (Å²) in [7, 11) is 3.22. The zero-order valence-corrected chi connectivity index (χ0v) is 19.1. The number of imide groups is 1. The Morgan fingerprint density at radius 3 is 2.38 bits per heavy atom. The molecule has 0 radical (unpaired) electrons. The van der Waals surface area contributed by atoms with Gasteiger partial charge in [-0.25, -0.2) is 13.8 Å². The number of amides is 3. The fourth-order valence-corrected chi connectivity index (χ4v) is 4.58. The van der Waals surface area contributed by atoms with Crippen molar-refractivity contribution in [2.24, 2.45) is 4.99 Å². The summed E-state index contributed by atoms with van der Waals surface area (Å²) < 4.78 is 15.3. The van der Waals surface area contributed by atoms with E-state index in [1.807, 2.05) is 12.1 Å². The minimum absolute atomic E-state index is 0.209.